The molecule has 24 heavy (non-hydrogen) atoms. The quantitative estimate of drug-likeness (QED) is 0.725. The molecule has 0 spiro atoms. The highest BCUT2D eigenvalue weighted by molar-refractivity contribution is 8.01. The number of amides is 2. The average molecular weight is 371 g/mol. The number of carbonyl (C=O) groups excluding carboxylic acids is 2. The van der Waals surface area contributed by atoms with Crippen LogP contribution in [0.3, 0.4) is 0 Å². The summed E-state index contributed by atoms with van der Waals surface area (Å²) < 4.78 is 13.0. The topological polar surface area (TPSA) is 58.2 Å². The Kier molecular flexibility index (Phi) is 6.98. The molecule has 1 aromatic carbocycles. The van der Waals surface area contributed by atoms with Crippen molar-refractivity contribution in [1.82, 2.24) is 10.6 Å². The van der Waals surface area contributed by atoms with Crippen molar-refractivity contribution in [3.8, 4) is 0 Å². The van der Waals surface area contributed by atoms with E-state index in [1.807, 2.05) is 19.9 Å². The van der Waals surface area contributed by atoms with E-state index in [9.17, 15) is 14.0 Å². The zero-order valence-corrected chi connectivity index (χ0v) is 15.6. The molecule has 2 N–H and O–H groups in total. The van der Waals surface area contributed by atoms with E-state index < -0.39 is 10.8 Å². The SMILES string of the molecule is CC1(C)SC[C@H](C(=O)NCCCSCc2ccccc2F)NC1=O. The second-order valence-electron chi connectivity index (χ2n) is 6.14. The lowest BCUT2D eigenvalue weighted by atomic mass is 10.1. The number of hydrogen-bond acceptors (Lipinski definition) is 4. The van der Waals surface area contributed by atoms with E-state index >= 15 is 0 Å². The summed E-state index contributed by atoms with van der Waals surface area (Å²) in [5.74, 6) is 1.65. The van der Waals surface area contributed by atoms with E-state index in [-0.39, 0.29) is 17.6 Å². The summed E-state index contributed by atoms with van der Waals surface area (Å²) >= 11 is 3.14. The number of rotatable bonds is 7. The highest BCUT2D eigenvalue weighted by Crippen LogP contribution is 2.28. The number of carbonyl (C=O) groups is 2. The average Bonchev–Trinajstić information content (AvgIpc) is 2.54. The summed E-state index contributed by atoms with van der Waals surface area (Å²) in [5, 5.41) is 5.62. The smallest absolute Gasteiger partial charge is 0.243 e. The lowest BCUT2D eigenvalue weighted by Crippen LogP contribution is -2.57. The zero-order valence-electron chi connectivity index (χ0n) is 13.9. The first-order chi connectivity index (χ1) is 11.4. The van der Waals surface area contributed by atoms with Crippen molar-refractivity contribution in [2.45, 2.75) is 36.8 Å². The molecule has 1 fully saturated rings. The van der Waals surface area contributed by atoms with Gasteiger partial charge in [0.25, 0.3) is 0 Å². The second-order valence-corrected chi connectivity index (χ2v) is 8.88. The lowest BCUT2D eigenvalue weighted by Gasteiger charge is -2.32. The van der Waals surface area contributed by atoms with Gasteiger partial charge in [0, 0.05) is 18.1 Å². The molecular formula is C17H23FN2O2S2. The van der Waals surface area contributed by atoms with E-state index in [1.54, 1.807) is 23.9 Å². The van der Waals surface area contributed by atoms with Crippen LogP contribution in [0, 0.1) is 5.82 Å². The highest BCUT2D eigenvalue weighted by Gasteiger charge is 2.37. The minimum atomic E-state index is -0.472. The van der Waals surface area contributed by atoms with Crippen molar-refractivity contribution in [3.05, 3.63) is 35.6 Å². The molecule has 7 heteroatoms. The maximum absolute atomic E-state index is 13.5. The molecule has 1 aliphatic rings. The van der Waals surface area contributed by atoms with Gasteiger partial charge in [0.1, 0.15) is 11.9 Å². The van der Waals surface area contributed by atoms with Crippen LogP contribution in [-0.2, 0) is 15.3 Å². The van der Waals surface area contributed by atoms with Crippen LogP contribution in [0.15, 0.2) is 24.3 Å². The normalized spacial score (nSPS) is 19.6. The molecule has 1 heterocycles. The Balaban J connectivity index is 1.60. The van der Waals surface area contributed by atoms with Crippen LogP contribution in [0.25, 0.3) is 0 Å². The van der Waals surface area contributed by atoms with Crippen molar-refractivity contribution in [3.63, 3.8) is 0 Å². The highest BCUT2D eigenvalue weighted by atomic mass is 32.2. The van der Waals surface area contributed by atoms with E-state index in [0.717, 1.165) is 12.2 Å². The third kappa shape index (κ3) is 5.41. The molecular weight excluding hydrogens is 347 g/mol. The summed E-state index contributed by atoms with van der Waals surface area (Å²) in [6.07, 6.45) is 0.810. The van der Waals surface area contributed by atoms with Gasteiger partial charge in [-0.1, -0.05) is 18.2 Å². The minimum absolute atomic E-state index is 0.0978. The first-order valence-corrected chi connectivity index (χ1v) is 10.1. The Labute approximate surface area is 150 Å². The zero-order chi connectivity index (χ0) is 17.6. The van der Waals surface area contributed by atoms with Crippen LogP contribution in [0.1, 0.15) is 25.8 Å². The van der Waals surface area contributed by atoms with E-state index in [1.165, 1.54) is 17.8 Å². The number of hydrogen-bond donors (Lipinski definition) is 2. The van der Waals surface area contributed by atoms with Crippen molar-refractivity contribution in [2.24, 2.45) is 0 Å². The Hall–Kier alpha value is -1.21. The van der Waals surface area contributed by atoms with E-state index in [2.05, 4.69) is 10.6 Å². The third-order valence-corrected chi connectivity index (χ3v) is 6.26. The molecule has 1 atom stereocenters. The Bertz CT molecular complexity index is 596. The molecule has 1 saturated heterocycles. The standard InChI is InChI=1S/C17H23FN2O2S2/c1-17(2)16(22)20-14(11-24-17)15(21)19-8-5-9-23-10-12-6-3-4-7-13(12)18/h3-4,6-7,14H,5,8-11H2,1-2H3,(H,19,21)(H,20,22)/t14-/m1/s1. The van der Waals surface area contributed by atoms with Crippen molar-refractivity contribution >= 4 is 35.3 Å². The second kappa shape index (κ2) is 8.76. The van der Waals surface area contributed by atoms with Gasteiger partial charge in [0.2, 0.25) is 11.8 Å². The van der Waals surface area contributed by atoms with Gasteiger partial charge < -0.3 is 10.6 Å². The maximum Gasteiger partial charge on any atom is 0.243 e. The van der Waals surface area contributed by atoms with Crippen LogP contribution in [0.5, 0.6) is 0 Å². The minimum Gasteiger partial charge on any atom is -0.354 e. The van der Waals surface area contributed by atoms with Crippen LogP contribution in [0.2, 0.25) is 0 Å². The fraction of sp³-hybridized carbons (Fsp3) is 0.529. The van der Waals surface area contributed by atoms with Crippen molar-refractivity contribution < 1.29 is 14.0 Å². The first kappa shape index (κ1) is 19.1. The van der Waals surface area contributed by atoms with Gasteiger partial charge >= 0.3 is 0 Å². The number of nitrogens with one attached hydrogen (secondary N) is 2. The van der Waals surface area contributed by atoms with Gasteiger partial charge in [-0.3, -0.25) is 9.59 Å². The van der Waals surface area contributed by atoms with Crippen molar-refractivity contribution in [2.75, 3.05) is 18.1 Å². The summed E-state index contributed by atoms with van der Waals surface area (Å²) in [6.45, 7) is 4.27. The molecule has 0 aromatic heterocycles. The van der Waals surface area contributed by atoms with Crippen LogP contribution in [-0.4, -0.2) is 40.7 Å². The van der Waals surface area contributed by atoms with Gasteiger partial charge in [0.15, 0.2) is 0 Å². The largest absolute Gasteiger partial charge is 0.354 e. The number of halogens is 1. The first-order valence-electron chi connectivity index (χ1n) is 7.94. The van der Waals surface area contributed by atoms with Crippen LogP contribution in [0.4, 0.5) is 4.39 Å². The number of benzene rings is 1. The maximum atomic E-state index is 13.5. The monoisotopic (exact) mass is 370 g/mol. The number of thioether (sulfide) groups is 2. The Morgan fingerprint density at radius 1 is 1.46 bits per heavy atom. The molecule has 1 aliphatic heterocycles. The summed E-state index contributed by atoms with van der Waals surface area (Å²) in [7, 11) is 0. The third-order valence-electron chi connectivity index (χ3n) is 3.76. The van der Waals surface area contributed by atoms with Gasteiger partial charge in [-0.05, 0) is 37.7 Å². The molecule has 0 aliphatic carbocycles. The fourth-order valence-corrected chi connectivity index (χ4v) is 4.13. The summed E-state index contributed by atoms with van der Waals surface area (Å²) in [5.41, 5.74) is 0.705. The van der Waals surface area contributed by atoms with E-state index in [4.69, 9.17) is 0 Å². The van der Waals surface area contributed by atoms with Crippen molar-refractivity contribution in [1.29, 1.82) is 0 Å². The van der Waals surface area contributed by atoms with Gasteiger partial charge in [-0.15, -0.1) is 11.8 Å². The molecule has 0 unspecified atom stereocenters. The molecule has 132 valence electrons. The molecule has 0 radical (unpaired) electrons. The summed E-state index contributed by atoms with van der Waals surface area (Å²) in [4.78, 5) is 23.9. The van der Waals surface area contributed by atoms with Gasteiger partial charge in [-0.2, -0.15) is 11.8 Å². The molecule has 0 bridgehead atoms. The predicted octanol–water partition coefficient (Wildman–Crippen LogP) is 2.58. The summed E-state index contributed by atoms with van der Waals surface area (Å²) in [6, 6.07) is 6.31. The fourth-order valence-electron chi connectivity index (χ4n) is 2.18. The predicted molar refractivity (Wildman–Crippen MR) is 98.7 cm³/mol. The Morgan fingerprint density at radius 3 is 2.92 bits per heavy atom. The molecule has 1 aromatic rings. The lowest BCUT2D eigenvalue weighted by molar-refractivity contribution is -0.129. The molecule has 0 saturated carbocycles. The van der Waals surface area contributed by atoms with Crippen LogP contribution < -0.4 is 10.6 Å². The van der Waals surface area contributed by atoms with Gasteiger partial charge in [0.05, 0.1) is 4.75 Å². The Morgan fingerprint density at radius 2 is 2.21 bits per heavy atom. The van der Waals surface area contributed by atoms with Crippen LogP contribution >= 0.6 is 23.5 Å². The molecule has 4 nitrogen and oxygen atoms in total. The van der Waals surface area contributed by atoms with Gasteiger partial charge in [-0.25, -0.2) is 4.39 Å². The van der Waals surface area contributed by atoms with E-state index in [0.29, 0.717) is 23.6 Å². The molecule has 2 rings (SSSR count). The molecule has 2 amide bonds.